The first-order valence-electron chi connectivity index (χ1n) is 28.0. The van der Waals surface area contributed by atoms with Gasteiger partial charge in [-0.3, -0.25) is 4.79 Å². The highest BCUT2D eigenvalue weighted by Gasteiger charge is 2.40. The molecule has 82 heavy (non-hydrogen) atoms. The lowest BCUT2D eigenvalue weighted by molar-refractivity contribution is -0.149. The van der Waals surface area contributed by atoms with Gasteiger partial charge >= 0.3 is 24.1 Å². The number of amides is 3. The molecule has 6 rings (SSSR count). The molecule has 0 radical (unpaired) electrons. The van der Waals surface area contributed by atoms with Crippen LogP contribution in [0.3, 0.4) is 0 Å². The van der Waals surface area contributed by atoms with Crippen LogP contribution < -0.4 is 26.0 Å². The maximum atomic E-state index is 14.5. The van der Waals surface area contributed by atoms with Crippen LogP contribution >= 0.6 is 0 Å². The van der Waals surface area contributed by atoms with E-state index >= 15 is 0 Å². The lowest BCUT2D eigenvalue weighted by Crippen LogP contribution is -2.54. The third kappa shape index (κ3) is 21.4. The lowest BCUT2D eigenvalue weighted by Gasteiger charge is -2.40. The van der Waals surface area contributed by atoms with E-state index in [0.29, 0.717) is 11.3 Å². The van der Waals surface area contributed by atoms with Crippen LogP contribution in [0.15, 0.2) is 164 Å². The van der Waals surface area contributed by atoms with Crippen molar-refractivity contribution < 1.29 is 52.1 Å². The van der Waals surface area contributed by atoms with Crippen LogP contribution in [0.2, 0.25) is 43.8 Å². The number of carbonyl (C=O) groups excluding carboxylic acids is 5. The van der Waals surface area contributed by atoms with Crippen molar-refractivity contribution in [2.75, 3.05) is 20.2 Å². The van der Waals surface area contributed by atoms with E-state index in [0.717, 1.165) is 45.0 Å². The van der Waals surface area contributed by atoms with Gasteiger partial charge in [0.2, 0.25) is 5.91 Å². The first-order chi connectivity index (χ1) is 39.1. The monoisotopic (exact) mass is 1150 g/mol. The highest BCUT2D eigenvalue weighted by Crippen LogP contribution is 2.38. The summed E-state index contributed by atoms with van der Waals surface area (Å²) in [7, 11) is -2.36. The molecule has 6 aromatic rings. The largest absolute Gasteiger partial charge is 0.489 e. The summed E-state index contributed by atoms with van der Waals surface area (Å²) in [5, 5.41) is 11.6. The summed E-state index contributed by atoms with van der Waals surface area (Å²) in [4.78, 5) is 69.2. The van der Waals surface area contributed by atoms with E-state index in [1.165, 1.54) is 0 Å². The number of nitrogens with one attached hydrogen (secondary N) is 4. The molecule has 0 aliphatic heterocycles. The van der Waals surface area contributed by atoms with E-state index in [-0.39, 0.29) is 63.9 Å². The zero-order valence-electron chi connectivity index (χ0n) is 49.0. The minimum absolute atomic E-state index is 0.00677. The molecule has 0 aromatic heterocycles. The molecule has 436 valence electrons. The van der Waals surface area contributed by atoms with Crippen molar-refractivity contribution in [2.45, 2.75) is 135 Å². The molecular formula is C65H82N4O11Si2. The van der Waals surface area contributed by atoms with Gasteiger partial charge in [0.25, 0.3) is 0 Å². The standard InChI is InChI=1S/C65H82N4O11Si2/c1-65(2,3)82(8,9)80-55(42-67-63(73)78-45-49-27-18-12-19-28-49)41-56(66-4)60(70)68-57(62(72)77-44-48-25-16-11-17-26-48)38-51-31-22-32-52(37-51)53-33-34-59(76-43-47-23-14-10-15-24-47)54(39-53)40-58(61(71)75-35-36-81(5,6)7)69-64(74)79-46-50-29-20-13-21-30-50/h10-34,37,39,55-58,66H,35-36,38,40-46H2,1-9H3,(H,67,73)(H,68,70)(H,69,74)/t55-,56+,57+,58+/m1/s1. The molecule has 4 atom stereocenters. The number of alkyl carbamates (subject to hydrolysis) is 2. The molecule has 4 N–H and O–H groups in total. The van der Waals surface area contributed by atoms with Gasteiger partial charge in [-0.15, -0.1) is 0 Å². The number of hydrogen-bond acceptors (Lipinski definition) is 12. The Balaban J connectivity index is 1.27. The molecule has 0 spiro atoms. The summed E-state index contributed by atoms with van der Waals surface area (Å²) >= 11 is 0. The average molecular weight is 1150 g/mol. The third-order valence-corrected chi connectivity index (χ3v) is 20.5. The molecule has 0 saturated carbocycles. The molecular weight excluding hydrogens is 1070 g/mol. The number of esters is 2. The van der Waals surface area contributed by atoms with Crippen LogP contribution in [0.4, 0.5) is 9.59 Å². The van der Waals surface area contributed by atoms with Gasteiger partial charge in [-0.2, -0.15) is 0 Å². The average Bonchev–Trinajstić information content (AvgIpc) is 3.48. The lowest BCUT2D eigenvalue weighted by atomic mass is 9.95. The van der Waals surface area contributed by atoms with Gasteiger partial charge in [0, 0.05) is 27.5 Å². The summed E-state index contributed by atoms with van der Waals surface area (Å²) < 4.78 is 36.1. The van der Waals surface area contributed by atoms with Gasteiger partial charge in [0.1, 0.15) is 44.3 Å². The summed E-state index contributed by atoms with van der Waals surface area (Å²) in [6, 6.07) is 48.6. The predicted molar refractivity (Wildman–Crippen MR) is 325 cm³/mol. The molecule has 0 saturated heterocycles. The summed E-state index contributed by atoms with van der Waals surface area (Å²) in [5.74, 6) is -1.19. The molecule has 17 heteroatoms. The molecule has 0 aliphatic rings. The van der Waals surface area contributed by atoms with E-state index in [1.807, 2.05) is 164 Å². The molecule has 0 unspecified atom stereocenters. The second-order valence-electron chi connectivity index (χ2n) is 23.1. The summed E-state index contributed by atoms with van der Waals surface area (Å²) in [6.45, 7) is 17.8. The van der Waals surface area contributed by atoms with Crippen LogP contribution in [0.25, 0.3) is 11.1 Å². The van der Waals surface area contributed by atoms with E-state index in [4.69, 9.17) is 28.1 Å². The first kappa shape index (κ1) is 63.6. The molecule has 3 amide bonds. The van der Waals surface area contributed by atoms with Gasteiger partial charge in [-0.1, -0.05) is 192 Å². The van der Waals surface area contributed by atoms with E-state index in [2.05, 4.69) is 74.8 Å². The highest BCUT2D eigenvalue weighted by atomic mass is 28.4. The normalized spacial score (nSPS) is 13.1. The van der Waals surface area contributed by atoms with Gasteiger partial charge in [0.15, 0.2) is 8.32 Å². The second-order valence-corrected chi connectivity index (χ2v) is 33.5. The van der Waals surface area contributed by atoms with Crippen molar-refractivity contribution in [3.63, 3.8) is 0 Å². The van der Waals surface area contributed by atoms with Crippen molar-refractivity contribution in [2.24, 2.45) is 0 Å². The van der Waals surface area contributed by atoms with Crippen molar-refractivity contribution >= 4 is 46.4 Å². The summed E-state index contributed by atoms with van der Waals surface area (Å²) in [5.41, 5.74) is 6.23. The summed E-state index contributed by atoms with van der Waals surface area (Å²) in [6.07, 6.45) is -1.76. The maximum Gasteiger partial charge on any atom is 0.408 e. The molecule has 0 heterocycles. The minimum atomic E-state index is -2.45. The number of rotatable bonds is 29. The number of hydrogen-bond donors (Lipinski definition) is 4. The Morgan fingerprint density at radius 3 is 1.56 bits per heavy atom. The molecule has 6 aromatic carbocycles. The van der Waals surface area contributed by atoms with E-state index in [9.17, 15) is 24.0 Å². The first-order valence-corrected chi connectivity index (χ1v) is 34.6. The molecule has 15 nitrogen and oxygen atoms in total. The topological polar surface area (TPSA) is 189 Å². The van der Waals surface area contributed by atoms with Crippen molar-refractivity contribution in [1.29, 1.82) is 0 Å². The predicted octanol–water partition coefficient (Wildman–Crippen LogP) is 11.7. The van der Waals surface area contributed by atoms with Gasteiger partial charge < -0.3 is 49.4 Å². The van der Waals surface area contributed by atoms with Gasteiger partial charge in [0.05, 0.1) is 18.8 Å². The smallest absolute Gasteiger partial charge is 0.408 e. The van der Waals surface area contributed by atoms with Crippen molar-refractivity contribution in [3.8, 4) is 16.9 Å². The van der Waals surface area contributed by atoms with E-state index in [1.54, 1.807) is 7.05 Å². The third-order valence-electron chi connectivity index (χ3n) is 14.3. The SMILES string of the molecule is CN[C@@H](C[C@H](CNC(=O)OCc1ccccc1)O[Si](C)(C)C(C)(C)C)C(=O)N[C@@H](Cc1cccc(-c2ccc(OCc3ccccc3)c(C[C@H](NC(=O)OCc3ccccc3)C(=O)OCC[Si](C)(C)C)c2)c1)C(=O)OCc1ccccc1. The number of carbonyl (C=O) groups is 5. The zero-order chi connectivity index (χ0) is 59.1. The fourth-order valence-electron chi connectivity index (χ4n) is 8.44. The quantitative estimate of drug-likeness (QED) is 0.0198. The van der Waals surface area contributed by atoms with Crippen LogP contribution in [0, 0.1) is 0 Å². The minimum Gasteiger partial charge on any atom is -0.489 e. The Bertz CT molecular complexity index is 2980. The Hall–Kier alpha value is -7.58. The fourth-order valence-corrected chi connectivity index (χ4v) is 10.5. The van der Waals surface area contributed by atoms with Crippen LogP contribution in [0.5, 0.6) is 5.75 Å². The van der Waals surface area contributed by atoms with Crippen LogP contribution in [-0.4, -0.2) is 90.9 Å². The van der Waals surface area contributed by atoms with Crippen LogP contribution in [0.1, 0.15) is 60.6 Å². The van der Waals surface area contributed by atoms with Crippen LogP contribution in [-0.2, 0) is 77.0 Å². The Labute approximate surface area is 486 Å². The van der Waals surface area contributed by atoms with Gasteiger partial charge in [-0.05, 0) is 94.3 Å². The number of likely N-dealkylation sites (N-methyl/N-ethyl adjacent to an activating group) is 1. The molecule has 0 aliphatic carbocycles. The fraction of sp³-hybridized carbons (Fsp3) is 0.369. The maximum absolute atomic E-state index is 14.5. The molecule has 0 bridgehead atoms. The van der Waals surface area contributed by atoms with Crippen molar-refractivity contribution in [3.05, 3.63) is 197 Å². The number of ether oxygens (including phenoxy) is 5. The molecule has 0 fully saturated rings. The van der Waals surface area contributed by atoms with Crippen molar-refractivity contribution in [1.82, 2.24) is 21.3 Å². The number of benzene rings is 6. The van der Waals surface area contributed by atoms with Gasteiger partial charge in [-0.25, -0.2) is 19.2 Å². The Morgan fingerprint density at radius 1 is 0.512 bits per heavy atom. The Morgan fingerprint density at radius 2 is 1.01 bits per heavy atom. The highest BCUT2D eigenvalue weighted by molar-refractivity contribution is 6.76. The zero-order valence-corrected chi connectivity index (χ0v) is 51.0. The Kier molecular flexibility index (Phi) is 24.1. The van der Waals surface area contributed by atoms with E-state index < -0.39 is 70.7 Å². The second kappa shape index (κ2) is 31.0.